The number of rotatable bonds is 2. The van der Waals surface area contributed by atoms with Crippen molar-refractivity contribution in [2.24, 2.45) is 0 Å². The maximum atomic E-state index is 12.3. The summed E-state index contributed by atoms with van der Waals surface area (Å²) in [5, 5.41) is 3.44. The van der Waals surface area contributed by atoms with Crippen LogP contribution >= 0.6 is 0 Å². The summed E-state index contributed by atoms with van der Waals surface area (Å²) in [6.45, 7) is 3.98. The van der Waals surface area contributed by atoms with Gasteiger partial charge in [-0.05, 0) is 43.0 Å². The van der Waals surface area contributed by atoms with Gasteiger partial charge in [-0.15, -0.1) is 0 Å². The summed E-state index contributed by atoms with van der Waals surface area (Å²) in [5.74, 6) is 1.21. The second-order valence-electron chi connectivity index (χ2n) is 6.74. The fraction of sp³-hybridized carbons (Fsp3) is 0.647. The molecule has 1 atom stereocenters. The highest BCUT2D eigenvalue weighted by atomic mass is 16.6. The number of carbonyl (C=O) groups is 1. The number of aromatic nitrogens is 1. The van der Waals surface area contributed by atoms with E-state index in [1.165, 1.54) is 18.4 Å². The third kappa shape index (κ3) is 2.93. The largest absolute Gasteiger partial charge is 0.440 e. The Kier molecular flexibility index (Phi) is 3.95. The van der Waals surface area contributed by atoms with E-state index in [0.29, 0.717) is 31.5 Å². The van der Waals surface area contributed by atoms with Gasteiger partial charge in [0.1, 0.15) is 11.4 Å². The minimum atomic E-state index is -0.389. The quantitative estimate of drug-likeness (QED) is 0.904. The van der Waals surface area contributed by atoms with Crippen LogP contribution in [-0.4, -0.2) is 49.5 Å². The van der Waals surface area contributed by atoms with Crippen LogP contribution in [0.1, 0.15) is 37.2 Å². The fourth-order valence-corrected chi connectivity index (χ4v) is 3.78. The first-order chi connectivity index (χ1) is 11.3. The standard InChI is InChI=1S/C17H23N3O3/c21-16-20(12-17(23-16)4-8-22-9-5-17)15-10-13(3-7-19-15)14-2-1-6-18-11-14/h3,7,10,14,18H,1-2,4-6,8-9,11-12H2/t14-/m1/s1. The lowest BCUT2D eigenvalue weighted by Gasteiger charge is -2.30. The third-order valence-electron chi connectivity index (χ3n) is 5.19. The number of hydrogen-bond acceptors (Lipinski definition) is 5. The van der Waals surface area contributed by atoms with Crippen molar-refractivity contribution in [1.82, 2.24) is 10.3 Å². The van der Waals surface area contributed by atoms with Gasteiger partial charge in [0, 0.05) is 25.6 Å². The predicted molar refractivity (Wildman–Crippen MR) is 85.7 cm³/mol. The summed E-state index contributed by atoms with van der Waals surface area (Å²) in [6.07, 6.45) is 5.43. The van der Waals surface area contributed by atoms with E-state index in [0.717, 1.165) is 25.9 Å². The molecule has 1 N–H and O–H groups in total. The van der Waals surface area contributed by atoms with Crippen LogP contribution in [0, 0.1) is 0 Å². The van der Waals surface area contributed by atoms with Crippen LogP contribution in [0.5, 0.6) is 0 Å². The van der Waals surface area contributed by atoms with Crippen LogP contribution in [0.25, 0.3) is 0 Å². The van der Waals surface area contributed by atoms with Gasteiger partial charge in [0.2, 0.25) is 0 Å². The van der Waals surface area contributed by atoms with Crippen LogP contribution in [0.4, 0.5) is 10.6 Å². The zero-order valence-electron chi connectivity index (χ0n) is 13.3. The Balaban J connectivity index is 1.54. The molecule has 3 saturated heterocycles. The van der Waals surface area contributed by atoms with Crippen molar-refractivity contribution in [3.05, 3.63) is 23.9 Å². The number of hydrogen-bond donors (Lipinski definition) is 1. The second kappa shape index (κ2) is 6.09. The van der Waals surface area contributed by atoms with Gasteiger partial charge in [-0.3, -0.25) is 4.90 Å². The molecule has 4 rings (SSSR count). The van der Waals surface area contributed by atoms with Gasteiger partial charge in [0.15, 0.2) is 0 Å². The summed E-state index contributed by atoms with van der Waals surface area (Å²) < 4.78 is 11.1. The van der Waals surface area contributed by atoms with E-state index in [4.69, 9.17) is 9.47 Å². The molecule has 3 aliphatic heterocycles. The Morgan fingerprint density at radius 3 is 3.00 bits per heavy atom. The number of pyridine rings is 1. The van der Waals surface area contributed by atoms with Crippen molar-refractivity contribution in [2.45, 2.75) is 37.2 Å². The molecule has 1 spiro atoms. The molecule has 6 nitrogen and oxygen atoms in total. The van der Waals surface area contributed by atoms with Gasteiger partial charge in [-0.25, -0.2) is 9.78 Å². The molecule has 6 heteroatoms. The summed E-state index contributed by atoms with van der Waals surface area (Å²) >= 11 is 0. The molecule has 0 aromatic carbocycles. The molecule has 0 saturated carbocycles. The molecule has 3 fully saturated rings. The molecule has 0 radical (unpaired) electrons. The van der Waals surface area contributed by atoms with Crippen molar-refractivity contribution in [2.75, 3.05) is 37.7 Å². The lowest BCUT2D eigenvalue weighted by Crippen LogP contribution is -2.40. The first-order valence-electron chi connectivity index (χ1n) is 8.51. The van der Waals surface area contributed by atoms with Gasteiger partial charge >= 0.3 is 6.09 Å². The molecule has 1 aromatic rings. The lowest BCUT2D eigenvalue weighted by molar-refractivity contribution is -0.0431. The second-order valence-corrected chi connectivity index (χ2v) is 6.74. The number of anilines is 1. The molecule has 1 aromatic heterocycles. The Hall–Kier alpha value is -1.66. The van der Waals surface area contributed by atoms with E-state index < -0.39 is 0 Å². The van der Waals surface area contributed by atoms with Crippen molar-refractivity contribution in [1.29, 1.82) is 0 Å². The minimum Gasteiger partial charge on any atom is -0.440 e. The number of nitrogens with zero attached hydrogens (tertiary/aromatic N) is 2. The molecule has 1 amide bonds. The van der Waals surface area contributed by atoms with E-state index in [9.17, 15) is 4.79 Å². The summed E-state index contributed by atoms with van der Waals surface area (Å²) in [4.78, 5) is 18.4. The molecule has 0 bridgehead atoms. The van der Waals surface area contributed by atoms with Crippen LogP contribution < -0.4 is 10.2 Å². The number of ether oxygens (including phenoxy) is 2. The Bertz CT molecular complexity index is 580. The van der Waals surface area contributed by atoms with Gasteiger partial charge in [-0.1, -0.05) is 0 Å². The fourth-order valence-electron chi connectivity index (χ4n) is 3.78. The predicted octanol–water partition coefficient (Wildman–Crippen LogP) is 2.05. The average molecular weight is 317 g/mol. The van der Waals surface area contributed by atoms with Crippen molar-refractivity contribution < 1.29 is 14.3 Å². The third-order valence-corrected chi connectivity index (χ3v) is 5.19. The smallest absolute Gasteiger partial charge is 0.416 e. The van der Waals surface area contributed by atoms with E-state index in [2.05, 4.69) is 22.4 Å². The van der Waals surface area contributed by atoms with Gasteiger partial charge in [0.25, 0.3) is 0 Å². The van der Waals surface area contributed by atoms with Gasteiger partial charge in [0.05, 0.1) is 19.8 Å². The Labute approximate surface area is 136 Å². The van der Waals surface area contributed by atoms with Gasteiger partial charge < -0.3 is 14.8 Å². The normalized spacial score (nSPS) is 27.2. The van der Waals surface area contributed by atoms with Crippen molar-refractivity contribution in [3.8, 4) is 0 Å². The SMILES string of the molecule is O=C1OC2(CCOCC2)CN1c1cc([C@@H]2CCCNC2)ccn1. The lowest BCUT2D eigenvalue weighted by atomic mass is 9.92. The number of nitrogens with one attached hydrogen (secondary N) is 1. The van der Waals surface area contributed by atoms with Gasteiger partial charge in [-0.2, -0.15) is 0 Å². The Morgan fingerprint density at radius 1 is 1.35 bits per heavy atom. The molecule has 0 unspecified atom stereocenters. The van der Waals surface area contributed by atoms with E-state index in [-0.39, 0.29) is 11.7 Å². The van der Waals surface area contributed by atoms with E-state index >= 15 is 0 Å². The van der Waals surface area contributed by atoms with Crippen LogP contribution in [0.2, 0.25) is 0 Å². The average Bonchev–Trinajstić information content (AvgIpc) is 2.92. The Morgan fingerprint density at radius 2 is 2.22 bits per heavy atom. The zero-order valence-corrected chi connectivity index (χ0v) is 13.3. The van der Waals surface area contributed by atoms with Crippen LogP contribution in [-0.2, 0) is 9.47 Å². The maximum absolute atomic E-state index is 12.3. The first-order valence-corrected chi connectivity index (χ1v) is 8.51. The van der Waals surface area contributed by atoms with Crippen molar-refractivity contribution >= 4 is 11.9 Å². The molecular weight excluding hydrogens is 294 g/mol. The van der Waals surface area contributed by atoms with Crippen molar-refractivity contribution in [3.63, 3.8) is 0 Å². The molecule has 3 aliphatic rings. The topological polar surface area (TPSA) is 63.7 Å². The highest BCUT2D eigenvalue weighted by molar-refractivity contribution is 5.89. The zero-order chi connectivity index (χ0) is 15.7. The first kappa shape index (κ1) is 14.9. The molecule has 124 valence electrons. The maximum Gasteiger partial charge on any atom is 0.416 e. The monoisotopic (exact) mass is 317 g/mol. The number of amides is 1. The molecule has 23 heavy (non-hydrogen) atoms. The summed E-state index contributed by atoms with van der Waals surface area (Å²) in [6, 6.07) is 4.12. The highest BCUT2D eigenvalue weighted by Gasteiger charge is 2.47. The molecule has 4 heterocycles. The van der Waals surface area contributed by atoms with Crippen LogP contribution in [0.15, 0.2) is 18.3 Å². The highest BCUT2D eigenvalue weighted by Crippen LogP contribution is 2.35. The molecular formula is C17H23N3O3. The number of piperidine rings is 1. The minimum absolute atomic E-state index is 0.279. The van der Waals surface area contributed by atoms with Crippen LogP contribution in [0.3, 0.4) is 0 Å². The number of carbonyl (C=O) groups excluding carboxylic acids is 1. The molecule has 0 aliphatic carbocycles. The summed E-state index contributed by atoms with van der Waals surface area (Å²) in [5.41, 5.74) is 0.863. The van der Waals surface area contributed by atoms with E-state index in [1.54, 1.807) is 4.90 Å². The van der Waals surface area contributed by atoms with E-state index in [1.807, 2.05) is 6.20 Å². The summed E-state index contributed by atoms with van der Waals surface area (Å²) in [7, 11) is 0.